The molecule has 1 unspecified atom stereocenters. The summed E-state index contributed by atoms with van der Waals surface area (Å²) in [6.07, 6.45) is 21.0. The Morgan fingerprint density at radius 3 is 2.03 bits per heavy atom. The largest absolute Gasteiger partial charge is 1.00 e. The number of aromatic nitrogens is 1. The van der Waals surface area contributed by atoms with Crippen LogP contribution in [0.15, 0.2) is 48.8 Å². The van der Waals surface area contributed by atoms with Gasteiger partial charge in [0.1, 0.15) is 11.5 Å². The van der Waals surface area contributed by atoms with E-state index in [1.165, 1.54) is 70.6 Å². The second kappa shape index (κ2) is 21.1. The van der Waals surface area contributed by atoms with E-state index < -0.39 is 0 Å². The molecular weight excluding hydrogens is 575 g/mol. The zero-order chi connectivity index (χ0) is 25.8. The normalized spacial score (nSPS) is 11.4. The van der Waals surface area contributed by atoms with Gasteiger partial charge in [-0.2, -0.15) is 4.57 Å². The molecule has 1 atom stereocenters. The van der Waals surface area contributed by atoms with Crippen LogP contribution in [0.3, 0.4) is 0 Å². The summed E-state index contributed by atoms with van der Waals surface area (Å²) in [4.78, 5) is 12.7. The first-order valence-corrected chi connectivity index (χ1v) is 14.2. The molecular formula is C31H49IN2O3. The number of unbranched alkanes of at least 4 members (excludes halogenated alkanes) is 11. The Morgan fingerprint density at radius 2 is 1.46 bits per heavy atom. The molecule has 1 heterocycles. The Balaban J connectivity index is 0.00000684. The molecule has 0 spiro atoms. The van der Waals surface area contributed by atoms with Gasteiger partial charge in [-0.3, -0.25) is 10.1 Å². The lowest BCUT2D eigenvalue weighted by Crippen LogP contribution is -3.00. The molecule has 37 heavy (non-hydrogen) atoms. The molecule has 1 aromatic heterocycles. The number of methoxy groups -OCH3 is 1. The second-order valence-electron chi connectivity index (χ2n) is 9.70. The molecule has 1 aromatic carbocycles. The number of rotatable bonds is 20. The number of nitrogens with one attached hydrogen (secondary N) is 1. The number of hydrogen-bond acceptors (Lipinski definition) is 3. The number of ether oxygens (including phenoxy) is 2. The summed E-state index contributed by atoms with van der Waals surface area (Å²) in [5.74, 6) is 1.46. The number of nitrogens with zero attached hydrogens (tertiary/aromatic N) is 1. The van der Waals surface area contributed by atoms with Crippen LogP contribution in [0.25, 0.3) is 0 Å². The molecule has 5 nitrogen and oxygen atoms in total. The standard InChI is InChI=1S/C31H48N2O3.HI/c1-4-6-7-8-9-10-11-12-13-14-15-19-24-36-28-21-20-27(29(26-28)35-3)25-31(34)32-30(5-2)33-22-17-16-18-23-33;/h16-18,20-23,26,30H,4-15,19,24-25H2,1-3H3;1H. The van der Waals surface area contributed by atoms with Gasteiger partial charge in [-0.1, -0.05) is 96.6 Å². The van der Waals surface area contributed by atoms with E-state index in [0.717, 1.165) is 24.2 Å². The smallest absolute Gasteiger partial charge is 0.233 e. The lowest BCUT2D eigenvalue weighted by Gasteiger charge is -2.14. The maximum absolute atomic E-state index is 12.7. The topological polar surface area (TPSA) is 51.4 Å². The zero-order valence-corrected chi connectivity index (χ0v) is 25.5. The summed E-state index contributed by atoms with van der Waals surface area (Å²) in [6, 6.07) is 11.7. The van der Waals surface area contributed by atoms with Crippen molar-refractivity contribution in [2.75, 3.05) is 13.7 Å². The third kappa shape index (κ3) is 14.0. The molecule has 0 radical (unpaired) electrons. The number of carbonyl (C=O) groups is 1. The molecule has 0 aliphatic carbocycles. The van der Waals surface area contributed by atoms with Crippen LogP contribution in [0.4, 0.5) is 0 Å². The predicted octanol–water partition coefficient (Wildman–Crippen LogP) is 4.33. The number of hydrogen-bond donors (Lipinski definition) is 1. The van der Waals surface area contributed by atoms with Gasteiger partial charge in [0, 0.05) is 30.2 Å². The van der Waals surface area contributed by atoms with Crippen LogP contribution in [-0.4, -0.2) is 19.6 Å². The van der Waals surface area contributed by atoms with Gasteiger partial charge in [0.2, 0.25) is 12.1 Å². The lowest BCUT2D eigenvalue weighted by molar-refractivity contribution is -0.727. The fourth-order valence-electron chi connectivity index (χ4n) is 4.51. The molecule has 2 rings (SSSR count). The van der Waals surface area contributed by atoms with Crippen LogP contribution in [0.1, 0.15) is 109 Å². The van der Waals surface area contributed by atoms with E-state index in [9.17, 15) is 4.79 Å². The highest BCUT2D eigenvalue weighted by Gasteiger charge is 2.19. The Morgan fingerprint density at radius 1 is 0.865 bits per heavy atom. The second-order valence-corrected chi connectivity index (χ2v) is 9.70. The predicted molar refractivity (Wildman–Crippen MR) is 147 cm³/mol. The Labute approximate surface area is 242 Å². The number of benzene rings is 1. The zero-order valence-electron chi connectivity index (χ0n) is 23.4. The summed E-state index contributed by atoms with van der Waals surface area (Å²) >= 11 is 0. The fraction of sp³-hybridized carbons (Fsp3) is 0.613. The van der Waals surface area contributed by atoms with Gasteiger partial charge in [-0.15, -0.1) is 0 Å². The van der Waals surface area contributed by atoms with Crippen molar-refractivity contribution >= 4 is 5.91 Å². The minimum absolute atomic E-state index is 0. The van der Waals surface area contributed by atoms with Crippen LogP contribution >= 0.6 is 0 Å². The number of amides is 1. The maximum Gasteiger partial charge on any atom is 0.233 e. The van der Waals surface area contributed by atoms with Crippen molar-refractivity contribution in [1.82, 2.24) is 5.32 Å². The SMILES string of the molecule is CCCCCCCCCCCCCCOc1ccc(CC(=O)NC(CC)[n+]2ccccc2)c(OC)c1.[I-]. The van der Waals surface area contributed by atoms with Crippen molar-refractivity contribution in [2.45, 2.75) is 110 Å². The van der Waals surface area contributed by atoms with Crippen molar-refractivity contribution < 1.29 is 42.8 Å². The van der Waals surface area contributed by atoms with Crippen molar-refractivity contribution in [3.63, 3.8) is 0 Å². The third-order valence-corrected chi connectivity index (χ3v) is 6.69. The van der Waals surface area contributed by atoms with E-state index in [-0.39, 0.29) is 42.5 Å². The molecule has 0 bridgehead atoms. The first kappa shape index (κ1) is 33.2. The number of pyridine rings is 1. The highest BCUT2D eigenvalue weighted by atomic mass is 127. The lowest BCUT2D eigenvalue weighted by atomic mass is 10.1. The van der Waals surface area contributed by atoms with Crippen molar-refractivity contribution in [3.05, 3.63) is 54.4 Å². The summed E-state index contributed by atoms with van der Waals surface area (Å²) < 4.78 is 13.5. The highest BCUT2D eigenvalue weighted by Crippen LogP contribution is 2.25. The summed E-state index contributed by atoms with van der Waals surface area (Å²) in [5.41, 5.74) is 0.862. The molecule has 2 aromatic rings. The monoisotopic (exact) mass is 624 g/mol. The number of halogens is 1. The quantitative estimate of drug-likeness (QED) is 0.136. The van der Waals surface area contributed by atoms with Gasteiger partial charge < -0.3 is 33.5 Å². The van der Waals surface area contributed by atoms with E-state index >= 15 is 0 Å². The average molecular weight is 625 g/mol. The van der Waals surface area contributed by atoms with Crippen LogP contribution in [0, 0.1) is 0 Å². The molecule has 6 heteroatoms. The molecule has 0 saturated heterocycles. The van der Waals surface area contributed by atoms with Gasteiger partial charge in [0.15, 0.2) is 12.4 Å². The van der Waals surface area contributed by atoms with E-state index in [2.05, 4.69) is 19.2 Å². The summed E-state index contributed by atoms with van der Waals surface area (Å²) in [5, 5.41) is 3.11. The molecule has 0 fully saturated rings. The first-order valence-electron chi connectivity index (χ1n) is 14.2. The van der Waals surface area contributed by atoms with Gasteiger partial charge in [-0.05, 0) is 12.5 Å². The molecule has 1 N–H and O–H groups in total. The molecule has 1 amide bonds. The Hall–Kier alpha value is -1.83. The number of carbonyl (C=O) groups excluding carboxylic acids is 1. The third-order valence-electron chi connectivity index (χ3n) is 6.69. The van der Waals surface area contributed by atoms with Crippen LogP contribution in [0.2, 0.25) is 0 Å². The molecule has 208 valence electrons. The maximum atomic E-state index is 12.7. The van der Waals surface area contributed by atoms with Crippen LogP contribution < -0.4 is 43.3 Å². The van der Waals surface area contributed by atoms with Gasteiger partial charge in [0.25, 0.3) is 0 Å². The Kier molecular flexibility index (Phi) is 19.0. The molecule has 0 aliphatic rings. The van der Waals surface area contributed by atoms with Crippen molar-refractivity contribution in [2.24, 2.45) is 0 Å². The first-order chi connectivity index (χ1) is 17.7. The van der Waals surface area contributed by atoms with E-state index in [1.807, 2.05) is 53.4 Å². The fourth-order valence-corrected chi connectivity index (χ4v) is 4.51. The van der Waals surface area contributed by atoms with E-state index in [4.69, 9.17) is 9.47 Å². The highest BCUT2D eigenvalue weighted by molar-refractivity contribution is 5.79. The van der Waals surface area contributed by atoms with Gasteiger partial charge in [0.05, 0.1) is 20.1 Å². The molecule has 0 aliphatic heterocycles. The van der Waals surface area contributed by atoms with Gasteiger partial charge in [-0.25, -0.2) is 0 Å². The molecule has 0 saturated carbocycles. The van der Waals surface area contributed by atoms with E-state index in [0.29, 0.717) is 12.4 Å². The Bertz CT molecular complexity index is 848. The average Bonchev–Trinajstić information content (AvgIpc) is 2.91. The van der Waals surface area contributed by atoms with E-state index in [1.54, 1.807) is 7.11 Å². The van der Waals surface area contributed by atoms with Crippen molar-refractivity contribution in [1.29, 1.82) is 0 Å². The minimum atomic E-state index is -0.0668. The van der Waals surface area contributed by atoms with Crippen LogP contribution in [0.5, 0.6) is 11.5 Å². The summed E-state index contributed by atoms with van der Waals surface area (Å²) in [6.45, 7) is 5.05. The minimum Gasteiger partial charge on any atom is -1.00 e. The van der Waals surface area contributed by atoms with Crippen molar-refractivity contribution in [3.8, 4) is 11.5 Å². The summed E-state index contributed by atoms with van der Waals surface area (Å²) in [7, 11) is 1.64. The van der Waals surface area contributed by atoms with Crippen LogP contribution in [-0.2, 0) is 11.2 Å². The van der Waals surface area contributed by atoms with Gasteiger partial charge >= 0.3 is 0 Å².